The number of nitrogens with zero attached hydrogens (tertiary/aromatic N) is 2. The van der Waals surface area contributed by atoms with Crippen molar-refractivity contribution in [3.8, 4) is 0 Å². The SMILES string of the molecule is Cc1cc(CNC(=O)Nc2cc(N3CCOC3=O)ccc2F)on1. The van der Waals surface area contributed by atoms with Gasteiger partial charge in [-0.3, -0.25) is 4.90 Å². The minimum absolute atomic E-state index is 0.0431. The molecule has 0 spiro atoms. The van der Waals surface area contributed by atoms with Crippen LogP contribution in [0.3, 0.4) is 0 Å². The second-order valence-electron chi connectivity index (χ2n) is 5.17. The van der Waals surface area contributed by atoms with Crippen molar-refractivity contribution in [2.45, 2.75) is 13.5 Å². The smallest absolute Gasteiger partial charge is 0.414 e. The number of cyclic esters (lactones) is 1. The number of benzene rings is 1. The summed E-state index contributed by atoms with van der Waals surface area (Å²) >= 11 is 0. The maximum atomic E-state index is 13.9. The molecule has 0 radical (unpaired) electrons. The number of carbonyl (C=O) groups is 2. The van der Waals surface area contributed by atoms with E-state index in [0.717, 1.165) is 0 Å². The highest BCUT2D eigenvalue weighted by Gasteiger charge is 2.24. The van der Waals surface area contributed by atoms with Crippen molar-refractivity contribution in [2.24, 2.45) is 0 Å². The molecular weight excluding hydrogens is 319 g/mol. The van der Waals surface area contributed by atoms with Crippen molar-refractivity contribution < 1.29 is 23.2 Å². The molecule has 126 valence electrons. The molecule has 1 aliphatic heterocycles. The number of hydrogen-bond donors (Lipinski definition) is 2. The zero-order valence-electron chi connectivity index (χ0n) is 12.8. The molecule has 2 heterocycles. The number of hydrogen-bond acceptors (Lipinski definition) is 5. The largest absolute Gasteiger partial charge is 0.447 e. The summed E-state index contributed by atoms with van der Waals surface area (Å²) in [7, 11) is 0. The second kappa shape index (κ2) is 6.57. The summed E-state index contributed by atoms with van der Waals surface area (Å²) in [4.78, 5) is 24.8. The quantitative estimate of drug-likeness (QED) is 0.895. The van der Waals surface area contributed by atoms with Gasteiger partial charge in [-0.05, 0) is 25.1 Å². The van der Waals surface area contributed by atoms with Gasteiger partial charge in [-0.15, -0.1) is 0 Å². The van der Waals surface area contributed by atoms with E-state index >= 15 is 0 Å². The zero-order valence-corrected chi connectivity index (χ0v) is 12.8. The molecule has 0 bridgehead atoms. The number of rotatable bonds is 4. The summed E-state index contributed by atoms with van der Waals surface area (Å²) in [5.74, 6) is -0.131. The number of urea groups is 1. The van der Waals surface area contributed by atoms with E-state index in [4.69, 9.17) is 9.26 Å². The molecule has 2 aromatic rings. The molecule has 1 fully saturated rings. The summed E-state index contributed by atoms with van der Waals surface area (Å²) in [5, 5.41) is 8.63. The van der Waals surface area contributed by atoms with Gasteiger partial charge in [0.2, 0.25) is 0 Å². The first kappa shape index (κ1) is 15.8. The van der Waals surface area contributed by atoms with Gasteiger partial charge in [-0.25, -0.2) is 14.0 Å². The maximum absolute atomic E-state index is 13.9. The van der Waals surface area contributed by atoms with E-state index in [0.29, 0.717) is 23.7 Å². The van der Waals surface area contributed by atoms with Gasteiger partial charge in [-0.2, -0.15) is 0 Å². The summed E-state index contributed by atoms with van der Waals surface area (Å²) in [6, 6.07) is 5.07. The van der Waals surface area contributed by atoms with E-state index in [1.165, 1.54) is 23.1 Å². The Balaban J connectivity index is 1.65. The standard InChI is InChI=1S/C15H15FN4O4/c1-9-6-11(24-19-9)8-17-14(21)18-13-7-10(2-3-12(13)16)20-4-5-23-15(20)22/h2-3,6-7H,4-5,8H2,1H3,(H2,17,18,21). The fourth-order valence-electron chi connectivity index (χ4n) is 2.24. The summed E-state index contributed by atoms with van der Waals surface area (Å²) < 4.78 is 23.7. The fraction of sp³-hybridized carbons (Fsp3) is 0.267. The third-order valence-corrected chi connectivity index (χ3v) is 3.37. The summed E-state index contributed by atoms with van der Waals surface area (Å²) in [6.07, 6.45) is -0.502. The third-order valence-electron chi connectivity index (χ3n) is 3.37. The summed E-state index contributed by atoms with van der Waals surface area (Å²) in [6.45, 7) is 2.53. The molecule has 0 unspecified atom stereocenters. The van der Waals surface area contributed by atoms with Gasteiger partial charge in [0.15, 0.2) is 5.76 Å². The van der Waals surface area contributed by atoms with Crippen molar-refractivity contribution in [1.82, 2.24) is 10.5 Å². The summed E-state index contributed by atoms with van der Waals surface area (Å²) in [5.41, 5.74) is 1.10. The van der Waals surface area contributed by atoms with E-state index < -0.39 is 17.9 Å². The van der Waals surface area contributed by atoms with E-state index in [1.807, 2.05) is 0 Å². The van der Waals surface area contributed by atoms with Crippen LogP contribution in [0.4, 0.5) is 25.4 Å². The number of amides is 3. The van der Waals surface area contributed by atoms with Crippen molar-refractivity contribution >= 4 is 23.5 Å². The Bertz CT molecular complexity index is 777. The third kappa shape index (κ3) is 3.45. The first-order chi connectivity index (χ1) is 11.5. The minimum Gasteiger partial charge on any atom is -0.447 e. The number of halogens is 1. The Hall–Kier alpha value is -3.10. The van der Waals surface area contributed by atoms with Crippen LogP contribution in [0.15, 0.2) is 28.8 Å². The Morgan fingerprint density at radius 2 is 2.25 bits per heavy atom. The van der Waals surface area contributed by atoms with Crippen LogP contribution >= 0.6 is 0 Å². The van der Waals surface area contributed by atoms with Gasteiger partial charge in [0.25, 0.3) is 0 Å². The van der Waals surface area contributed by atoms with Crippen LogP contribution in [0, 0.1) is 12.7 Å². The lowest BCUT2D eigenvalue weighted by molar-refractivity contribution is 0.181. The molecule has 2 N–H and O–H groups in total. The predicted molar refractivity (Wildman–Crippen MR) is 82.2 cm³/mol. The van der Waals surface area contributed by atoms with Crippen LogP contribution in [0.25, 0.3) is 0 Å². The molecule has 1 aromatic carbocycles. The van der Waals surface area contributed by atoms with Crippen molar-refractivity contribution in [3.63, 3.8) is 0 Å². The first-order valence-corrected chi connectivity index (χ1v) is 7.24. The first-order valence-electron chi connectivity index (χ1n) is 7.24. The number of ether oxygens (including phenoxy) is 1. The van der Waals surface area contributed by atoms with Gasteiger partial charge >= 0.3 is 12.1 Å². The Labute approximate surface area is 136 Å². The molecule has 24 heavy (non-hydrogen) atoms. The molecule has 3 rings (SSSR count). The number of nitrogens with one attached hydrogen (secondary N) is 2. The second-order valence-corrected chi connectivity index (χ2v) is 5.17. The van der Waals surface area contributed by atoms with E-state index in [-0.39, 0.29) is 18.8 Å². The van der Waals surface area contributed by atoms with Crippen molar-refractivity contribution in [1.29, 1.82) is 0 Å². The number of anilines is 2. The van der Waals surface area contributed by atoms with Gasteiger partial charge in [0, 0.05) is 11.8 Å². The monoisotopic (exact) mass is 334 g/mol. The molecule has 0 saturated carbocycles. The van der Waals surface area contributed by atoms with E-state index in [9.17, 15) is 14.0 Å². The number of aromatic nitrogens is 1. The highest BCUT2D eigenvalue weighted by atomic mass is 19.1. The van der Waals surface area contributed by atoms with E-state index in [1.54, 1.807) is 13.0 Å². The molecule has 1 saturated heterocycles. The molecule has 8 nitrogen and oxygen atoms in total. The van der Waals surface area contributed by atoms with Crippen LogP contribution in [0.5, 0.6) is 0 Å². The Morgan fingerprint density at radius 3 is 2.92 bits per heavy atom. The zero-order chi connectivity index (χ0) is 17.1. The number of carbonyl (C=O) groups excluding carboxylic acids is 2. The normalized spacial score (nSPS) is 13.8. The lowest BCUT2D eigenvalue weighted by Gasteiger charge is -2.15. The average molecular weight is 334 g/mol. The molecule has 9 heteroatoms. The van der Waals surface area contributed by atoms with Crippen LogP contribution < -0.4 is 15.5 Å². The van der Waals surface area contributed by atoms with Gasteiger partial charge in [0.05, 0.1) is 24.5 Å². The Kier molecular flexibility index (Phi) is 4.32. The van der Waals surface area contributed by atoms with Crippen molar-refractivity contribution in [3.05, 3.63) is 41.5 Å². The van der Waals surface area contributed by atoms with Crippen LogP contribution in [-0.4, -0.2) is 30.4 Å². The highest BCUT2D eigenvalue weighted by Crippen LogP contribution is 2.25. The highest BCUT2D eigenvalue weighted by molar-refractivity contribution is 5.93. The van der Waals surface area contributed by atoms with Crippen LogP contribution in [0.2, 0.25) is 0 Å². The lowest BCUT2D eigenvalue weighted by Crippen LogP contribution is -2.29. The van der Waals surface area contributed by atoms with E-state index in [2.05, 4.69) is 15.8 Å². The number of aryl methyl sites for hydroxylation is 1. The minimum atomic E-state index is -0.614. The maximum Gasteiger partial charge on any atom is 0.414 e. The van der Waals surface area contributed by atoms with Crippen LogP contribution in [0.1, 0.15) is 11.5 Å². The molecule has 0 aliphatic carbocycles. The molecule has 3 amide bonds. The van der Waals surface area contributed by atoms with Crippen LogP contribution in [-0.2, 0) is 11.3 Å². The Morgan fingerprint density at radius 1 is 1.42 bits per heavy atom. The predicted octanol–water partition coefficient (Wildman–Crippen LogP) is 2.40. The molecule has 0 atom stereocenters. The lowest BCUT2D eigenvalue weighted by atomic mass is 10.2. The topological polar surface area (TPSA) is 96.7 Å². The molecule has 1 aromatic heterocycles. The molecule has 1 aliphatic rings. The average Bonchev–Trinajstić information content (AvgIpc) is 3.16. The van der Waals surface area contributed by atoms with Gasteiger partial charge in [-0.1, -0.05) is 5.16 Å². The van der Waals surface area contributed by atoms with Gasteiger partial charge in [0.1, 0.15) is 12.4 Å². The molecular formula is C15H15FN4O4. The van der Waals surface area contributed by atoms with Gasteiger partial charge < -0.3 is 19.9 Å². The fourth-order valence-corrected chi connectivity index (χ4v) is 2.24. The van der Waals surface area contributed by atoms with Crippen molar-refractivity contribution in [2.75, 3.05) is 23.4 Å².